The van der Waals surface area contributed by atoms with E-state index in [1.54, 1.807) is 66.7 Å². The maximum absolute atomic E-state index is 11.8. The van der Waals surface area contributed by atoms with Crippen molar-refractivity contribution >= 4 is 22.3 Å². The SMILES string of the molecule is CC(C)(C)C(=O)O.CCOC(=O)c1cccc(OC(=O)OC(C)(C)C)[c]1[Zn]. The van der Waals surface area contributed by atoms with E-state index in [9.17, 15) is 14.4 Å². The van der Waals surface area contributed by atoms with Gasteiger partial charge in [0.25, 0.3) is 0 Å². The van der Waals surface area contributed by atoms with Gasteiger partial charge >= 0.3 is 134 Å². The molecule has 1 aromatic rings. The van der Waals surface area contributed by atoms with Crippen molar-refractivity contribution in [2.75, 3.05) is 6.61 Å². The van der Waals surface area contributed by atoms with Crippen molar-refractivity contribution in [2.45, 2.75) is 54.1 Å². The maximum atomic E-state index is 11.8. The van der Waals surface area contributed by atoms with Crippen molar-refractivity contribution in [2.24, 2.45) is 5.41 Å². The molecular formula is C19H27O7Zn. The number of carboxylic acid groups (broad SMARTS) is 1. The molecule has 0 amide bonds. The zero-order valence-electron chi connectivity index (χ0n) is 17.0. The topological polar surface area (TPSA) is 99.1 Å². The summed E-state index contributed by atoms with van der Waals surface area (Å²) >= 11 is 0.660. The zero-order valence-corrected chi connectivity index (χ0v) is 20.0. The van der Waals surface area contributed by atoms with Crippen molar-refractivity contribution in [1.82, 2.24) is 0 Å². The second-order valence-electron chi connectivity index (χ2n) is 7.62. The molecule has 1 rings (SSSR count). The van der Waals surface area contributed by atoms with Crippen LogP contribution in [-0.2, 0) is 32.6 Å². The summed E-state index contributed by atoms with van der Waals surface area (Å²) in [7, 11) is 0. The summed E-state index contributed by atoms with van der Waals surface area (Å²) in [6.07, 6.45) is -0.784. The number of carboxylic acids is 1. The number of benzene rings is 1. The molecule has 8 heteroatoms. The van der Waals surface area contributed by atoms with Crippen LogP contribution in [0.1, 0.15) is 58.8 Å². The van der Waals surface area contributed by atoms with Crippen molar-refractivity contribution in [3.05, 3.63) is 23.8 Å². The minimum atomic E-state index is -0.784. The van der Waals surface area contributed by atoms with Crippen LogP contribution < -0.4 is 8.89 Å². The van der Waals surface area contributed by atoms with Gasteiger partial charge in [0.1, 0.15) is 0 Å². The molecule has 147 valence electrons. The van der Waals surface area contributed by atoms with Crippen LogP contribution >= 0.6 is 0 Å². The fraction of sp³-hybridized carbons (Fsp3) is 0.526. The van der Waals surface area contributed by atoms with E-state index >= 15 is 0 Å². The van der Waals surface area contributed by atoms with Crippen molar-refractivity contribution < 1.29 is 52.0 Å². The first-order valence-electron chi connectivity index (χ1n) is 8.45. The number of hydrogen-bond acceptors (Lipinski definition) is 6. The van der Waals surface area contributed by atoms with Gasteiger partial charge in [-0.15, -0.1) is 0 Å². The van der Waals surface area contributed by atoms with E-state index in [4.69, 9.17) is 19.3 Å². The Bertz CT molecular complexity index is 670. The van der Waals surface area contributed by atoms with Gasteiger partial charge in [0.2, 0.25) is 0 Å². The molecule has 0 radical (unpaired) electrons. The summed E-state index contributed by atoms with van der Waals surface area (Å²) in [4.78, 5) is 33.4. The first kappa shape index (κ1) is 25.1. The Morgan fingerprint density at radius 3 is 2.00 bits per heavy atom. The molecular weight excluding hydrogens is 406 g/mol. The van der Waals surface area contributed by atoms with Crippen molar-refractivity contribution in [3.63, 3.8) is 0 Å². The van der Waals surface area contributed by atoms with Gasteiger partial charge in [0.05, 0.1) is 5.41 Å². The minimum absolute atomic E-state index is 0.301. The van der Waals surface area contributed by atoms with E-state index in [0.29, 0.717) is 40.4 Å². The number of aliphatic carboxylic acids is 1. The summed E-state index contributed by atoms with van der Waals surface area (Å²) in [5.41, 5.74) is -0.784. The zero-order chi connectivity index (χ0) is 21.4. The Kier molecular flexibility index (Phi) is 9.65. The first-order chi connectivity index (χ1) is 12.2. The van der Waals surface area contributed by atoms with Crippen LogP contribution in [0, 0.1) is 5.41 Å². The van der Waals surface area contributed by atoms with Crippen molar-refractivity contribution in [1.29, 1.82) is 0 Å². The molecule has 0 aliphatic carbocycles. The fourth-order valence-corrected chi connectivity index (χ4v) is 2.37. The number of hydrogen-bond donors (Lipinski definition) is 1. The standard InChI is InChI=1S/C14H17O5.C5H10O2.Zn/c1-5-17-12(15)10-7-6-8-11(9-10)18-13(16)19-14(2,3)4;1-5(2,3)4(6)7;/h6-8H,5H2,1-4H3;1-3H3,(H,6,7);. The van der Waals surface area contributed by atoms with Gasteiger partial charge in [-0.05, 0) is 20.8 Å². The van der Waals surface area contributed by atoms with Crippen LogP contribution in [0.25, 0.3) is 0 Å². The predicted octanol–water partition coefficient (Wildman–Crippen LogP) is 3.47. The average molecular weight is 433 g/mol. The van der Waals surface area contributed by atoms with Crippen molar-refractivity contribution in [3.8, 4) is 5.75 Å². The molecule has 1 aromatic carbocycles. The van der Waals surface area contributed by atoms with Crippen LogP contribution in [0.15, 0.2) is 18.2 Å². The molecule has 0 heterocycles. The molecule has 0 fully saturated rings. The van der Waals surface area contributed by atoms with E-state index in [1.807, 2.05) is 0 Å². The van der Waals surface area contributed by atoms with Gasteiger partial charge in [-0.3, -0.25) is 4.79 Å². The van der Waals surface area contributed by atoms with Gasteiger partial charge in [0.15, 0.2) is 0 Å². The van der Waals surface area contributed by atoms with Crippen LogP contribution in [0.4, 0.5) is 4.79 Å². The van der Waals surface area contributed by atoms with Gasteiger partial charge in [-0.2, -0.15) is 0 Å². The third-order valence-electron chi connectivity index (χ3n) is 2.85. The molecule has 27 heavy (non-hydrogen) atoms. The molecule has 1 N–H and O–H groups in total. The van der Waals surface area contributed by atoms with E-state index in [1.165, 1.54) is 0 Å². The molecule has 0 bridgehead atoms. The van der Waals surface area contributed by atoms with Crippen LogP contribution in [0.2, 0.25) is 0 Å². The number of esters is 1. The first-order valence-corrected chi connectivity index (χ1v) is 9.93. The summed E-state index contributed by atoms with van der Waals surface area (Å²) < 4.78 is 15.9. The monoisotopic (exact) mass is 431 g/mol. The summed E-state index contributed by atoms with van der Waals surface area (Å²) in [6, 6.07) is 4.93. The van der Waals surface area contributed by atoms with E-state index in [0.717, 1.165) is 0 Å². The molecule has 0 aliphatic heterocycles. The second-order valence-corrected chi connectivity index (χ2v) is 9.11. The molecule has 0 saturated carbocycles. The van der Waals surface area contributed by atoms with E-state index in [-0.39, 0.29) is 0 Å². The summed E-state index contributed by atoms with van der Waals surface area (Å²) in [6.45, 7) is 12.3. The molecule has 0 aliphatic rings. The molecule has 0 aromatic heterocycles. The van der Waals surface area contributed by atoms with Gasteiger partial charge in [-0.1, -0.05) is 0 Å². The Morgan fingerprint density at radius 2 is 1.59 bits per heavy atom. The van der Waals surface area contributed by atoms with Gasteiger partial charge < -0.3 is 5.11 Å². The predicted molar refractivity (Wildman–Crippen MR) is 96.0 cm³/mol. The normalized spacial score (nSPS) is 11.0. The molecule has 0 spiro atoms. The second kappa shape index (κ2) is 10.4. The van der Waals surface area contributed by atoms with Gasteiger partial charge in [0, 0.05) is 0 Å². The molecule has 7 nitrogen and oxygen atoms in total. The van der Waals surface area contributed by atoms with Crippen LogP contribution in [-0.4, -0.2) is 35.4 Å². The Balaban J connectivity index is 0.000000821. The van der Waals surface area contributed by atoms with E-state index in [2.05, 4.69) is 0 Å². The fourth-order valence-electron chi connectivity index (χ4n) is 1.42. The summed E-state index contributed by atoms with van der Waals surface area (Å²) in [5.74, 6) is -0.833. The molecule has 0 saturated heterocycles. The molecule has 0 unspecified atom stereocenters. The Labute approximate surface area is 170 Å². The quantitative estimate of drug-likeness (QED) is 0.443. The number of carbonyl (C=O) groups excluding carboxylic acids is 2. The summed E-state index contributed by atoms with van der Waals surface area (Å²) in [5, 5.41) is 8.25. The third-order valence-corrected chi connectivity index (χ3v) is 4.38. The average Bonchev–Trinajstić information content (AvgIpc) is 2.47. The number of rotatable bonds is 3. The van der Waals surface area contributed by atoms with E-state index < -0.39 is 29.1 Å². The van der Waals surface area contributed by atoms with Crippen LogP contribution in [0.3, 0.4) is 0 Å². The third kappa shape index (κ3) is 10.1. The van der Waals surface area contributed by atoms with Gasteiger partial charge in [-0.25, -0.2) is 0 Å². The number of carbonyl (C=O) groups is 3. The molecule has 0 atom stereocenters. The Morgan fingerprint density at radius 1 is 1.07 bits per heavy atom. The Hall–Kier alpha value is -1.95. The van der Waals surface area contributed by atoms with Crippen LogP contribution in [0.5, 0.6) is 5.75 Å². The number of ether oxygens (including phenoxy) is 3.